The maximum absolute atomic E-state index is 12.7. The van der Waals surface area contributed by atoms with Crippen LogP contribution in [-0.2, 0) is 7.05 Å². The maximum Gasteiger partial charge on any atom is 0.264 e. The number of piperidine rings is 1. The number of carbonyl (C=O) groups excluding carboxylic acids is 1. The summed E-state index contributed by atoms with van der Waals surface area (Å²) in [7, 11) is 1.94. The van der Waals surface area contributed by atoms with Crippen LogP contribution in [0.3, 0.4) is 0 Å². The lowest BCUT2D eigenvalue weighted by Gasteiger charge is -2.31. The number of likely N-dealkylation sites (tertiary alicyclic amines) is 1. The molecule has 0 radical (unpaired) electrons. The number of halogens is 1. The van der Waals surface area contributed by atoms with Gasteiger partial charge in [-0.2, -0.15) is 5.10 Å². The van der Waals surface area contributed by atoms with Crippen molar-refractivity contribution in [2.45, 2.75) is 26.7 Å². The van der Waals surface area contributed by atoms with E-state index in [0.29, 0.717) is 5.92 Å². The molecule has 128 valence electrons. The molecule has 0 atom stereocenters. The lowest BCUT2D eigenvalue weighted by atomic mass is 9.96. The van der Waals surface area contributed by atoms with Gasteiger partial charge < -0.3 is 10.2 Å². The number of amides is 1. The minimum Gasteiger partial charge on any atom is -0.338 e. The quantitative estimate of drug-likeness (QED) is 0.916. The number of aromatic nitrogens is 2. The van der Waals surface area contributed by atoms with Crippen LogP contribution in [0.2, 0.25) is 0 Å². The second-order valence-electron chi connectivity index (χ2n) is 6.08. The van der Waals surface area contributed by atoms with Crippen LogP contribution in [0.1, 0.15) is 35.1 Å². The third kappa shape index (κ3) is 3.70. The molecule has 1 N–H and O–H groups in total. The molecular formula is C16H25ClN4OS. The molecule has 7 heteroatoms. The molecule has 1 aliphatic rings. The highest BCUT2D eigenvalue weighted by Gasteiger charge is 2.25. The Balaban J connectivity index is 0.00000192. The molecule has 2 aromatic heterocycles. The highest BCUT2D eigenvalue weighted by atomic mass is 35.5. The molecule has 5 nitrogen and oxygen atoms in total. The first-order chi connectivity index (χ1) is 10.6. The van der Waals surface area contributed by atoms with E-state index in [2.05, 4.69) is 17.3 Å². The fraction of sp³-hybridized carbons (Fsp3) is 0.625. The molecule has 1 fully saturated rings. The van der Waals surface area contributed by atoms with Crippen LogP contribution in [0.25, 0.3) is 10.2 Å². The van der Waals surface area contributed by atoms with Crippen LogP contribution >= 0.6 is 23.7 Å². The molecule has 0 spiro atoms. The Bertz CT molecular complexity index is 638. The van der Waals surface area contributed by atoms with Gasteiger partial charge in [-0.15, -0.1) is 23.7 Å². The predicted octanol–water partition coefficient (Wildman–Crippen LogP) is 2.83. The average molecular weight is 357 g/mol. The average Bonchev–Trinajstić information content (AvgIpc) is 3.07. The van der Waals surface area contributed by atoms with Gasteiger partial charge in [0.15, 0.2) is 0 Å². The monoisotopic (exact) mass is 356 g/mol. The molecular weight excluding hydrogens is 332 g/mol. The number of nitrogens with one attached hydrogen (secondary N) is 1. The summed E-state index contributed by atoms with van der Waals surface area (Å²) in [5.41, 5.74) is 0.997. The third-order valence-corrected chi connectivity index (χ3v) is 5.68. The summed E-state index contributed by atoms with van der Waals surface area (Å²) in [6, 6.07) is 2.01. The lowest BCUT2D eigenvalue weighted by Crippen LogP contribution is -2.40. The van der Waals surface area contributed by atoms with E-state index in [1.54, 1.807) is 11.3 Å². The summed E-state index contributed by atoms with van der Waals surface area (Å²) in [5, 5.41) is 8.92. The van der Waals surface area contributed by atoms with Gasteiger partial charge in [0.2, 0.25) is 0 Å². The van der Waals surface area contributed by atoms with Crippen molar-refractivity contribution in [1.29, 1.82) is 0 Å². The second kappa shape index (κ2) is 7.64. The molecule has 1 saturated heterocycles. The number of nitrogens with zero attached hydrogens (tertiary/aromatic N) is 3. The van der Waals surface area contributed by atoms with Crippen molar-refractivity contribution in [2.75, 3.05) is 26.2 Å². The minimum absolute atomic E-state index is 0. The van der Waals surface area contributed by atoms with Crippen LogP contribution in [0.5, 0.6) is 0 Å². The van der Waals surface area contributed by atoms with Gasteiger partial charge in [0.1, 0.15) is 4.83 Å². The number of hydrogen-bond acceptors (Lipinski definition) is 4. The van der Waals surface area contributed by atoms with Crippen molar-refractivity contribution in [3.05, 3.63) is 16.6 Å². The van der Waals surface area contributed by atoms with Crippen LogP contribution in [0.4, 0.5) is 0 Å². The number of hydrogen-bond donors (Lipinski definition) is 1. The number of thiophene rings is 1. The third-order valence-electron chi connectivity index (χ3n) is 4.49. The molecule has 1 amide bonds. The van der Waals surface area contributed by atoms with Gasteiger partial charge in [-0.1, -0.05) is 6.92 Å². The number of aryl methyl sites for hydroxylation is 2. The lowest BCUT2D eigenvalue weighted by molar-refractivity contribution is 0.0695. The molecule has 0 aliphatic carbocycles. The Kier molecular flexibility index (Phi) is 6.06. The Morgan fingerprint density at radius 2 is 2.13 bits per heavy atom. The molecule has 0 bridgehead atoms. The van der Waals surface area contributed by atoms with E-state index in [4.69, 9.17) is 0 Å². The van der Waals surface area contributed by atoms with Gasteiger partial charge >= 0.3 is 0 Å². The Morgan fingerprint density at radius 3 is 2.74 bits per heavy atom. The zero-order valence-electron chi connectivity index (χ0n) is 14.0. The maximum atomic E-state index is 12.7. The van der Waals surface area contributed by atoms with Gasteiger partial charge in [0.25, 0.3) is 5.91 Å². The molecule has 0 unspecified atom stereocenters. The first-order valence-corrected chi connectivity index (χ1v) is 8.85. The van der Waals surface area contributed by atoms with E-state index < -0.39 is 0 Å². The Hall–Kier alpha value is -1.11. The van der Waals surface area contributed by atoms with Gasteiger partial charge in [0, 0.05) is 25.5 Å². The van der Waals surface area contributed by atoms with Crippen LogP contribution in [0.15, 0.2) is 6.07 Å². The van der Waals surface area contributed by atoms with Gasteiger partial charge in [-0.25, -0.2) is 0 Å². The predicted molar refractivity (Wildman–Crippen MR) is 97.7 cm³/mol. The van der Waals surface area contributed by atoms with Crippen molar-refractivity contribution in [1.82, 2.24) is 20.0 Å². The minimum atomic E-state index is 0. The SMILES string of the molecule is CCNCC1CCN(C(=O)c2cc3c(C)nn(C)c3s2)CC1.Cl. The first kappa shape index (κ1) is 18.2. The number of carbonyl (C=O) groups is 1. The highest BCUT2D eigenvalue weighted by molar-refractivity contribution is 7.20. The largest absolute Gasteiger partial charge is 0.338 e. The molecule has 3 rings (SSSR count). The van der Waals surface area contributed by atoms with Crippen molar-refractivity contribution < 1.29 is 4.79 Å². The number of rotatable bonds is 4. The topological polar surface area (TPSA) is 50.2 Å². The molecule has 2 aromatic rings. The molecule has 3 heterocycles. The van der Waals surface area contributed by atoms with Crippen molar-refractivity contribution in [2.24, 2.45) is 13.0 Å². The molecule has 0 saturated carbocycles. The fourth-order valence-electron chi connectivity index (χ4n) is 3.16. The van der Waals surface area contributed by atoms with E-state index in [9.17, 15) is 4.79 Å². The molecule has 23 heavy (non-hydrogen) atoms. The Labute approximate surface area is 147 Å². The molecule has 1 aliphatic heterocycles. The summed E-state index contributed by atoms with van der Waals surface area (Å²) >= 11 is 1.56. The smallest absolute Gasteiger partial charge is 0.264 e. The highest BCUT2D eigenvalue weighted by Crippen LogP contribution is 2.29. The van der Waals surface area contributed by atoms with Gasteiger partial charge in [-0.3, -0.25) is 9.48 Å². The van der Waals surface area contributed by atoms with Crippen molar-refractivity contribution in [3.8, 4) is 0 Å². The Morgan fingerprint density at radius 1 is 1.43 bits per heavy atom. The molecule has 0 aromatic carbocycles. The van der Waals surface area contributed by atoms with Gasteiger partial charge in [-0.05, 0) is 44.8 Å². The van der Waals surface area contributed by atoms with E-state index in [1.165, 1.54) is 0 Å². The van der Waals surface area contributed by atoms with Gasteiger partial charge in [0.05, 0.1) is 10.6 Å². The van der Waals surface area contributed by atoms with Crippen LogP contribution in [0, 0.1) is 12.8 Å². The van der Waals surface area contributed by atoms with E-state index in [-0.39, 0.29) is 18.3 Å². The van der Waals surface area contributed by atoms with Crippen LogP contribution in [-0.4, -0.2) is 46.8 Å². The van der Waals surface area contributed by atoms with E-state index in [1.807, 2.05) is 29.6 Å². The standard InChI is InChI=1S/C16H24N4OS.ClH/c1-4-17-10-12-5-7-20(8-6-12)15(21)14-9-13-11(2)18-19(3)16(13)22-14;/h9,12,17H,4-8,10H2,1-3H3;1H. The summed E-state index contributed by atoms with van der Waals surface area (Å²) in [5.74, 6) is 0.889. The van der Waals surface area contributed by atoms with Crippen LogP contribution < -0.4 is 5.32 Å². The first-order valence-electron chi connectivity index (χ1n) is 8.03. The van der Waals surface area contributed by atoms with E-state index >= 15 is 0 Å². The zero-order chi connectivity index (χ0) is 15.7. The summed E-state index contributed by atoms with van der Waals surface area (Å²) in [6.45, 7) is 7.98. The fourth-order valence-corrected chi connectivity index (χ4v) is 4.25. The summed E-state index contributed by atoms with van der Waals surface area (Å²) in [4.78, 5) is 16.6. The van der Waals surface area contributed by atoms with E-state index in [0.717, 1.165) is 59.8 Å². The number of fused-ring (bicyclic) bond motifs is 1. The zero-order valence-corrected chi connectivity index (χ0v) is 15.6. The summed E-state index contributed by atoms with van der Waals surface area (Å²) in [6.07, 6.45) is 2.20. The normalized spacial score (nSPS) is 15.9. The van der Waals surface area contributed by atoms with Crippen molar-refractivity contribution in [3.63, 3.8) is 0 Å². The second-order valence-corrected chi connectivity index (χ2v) is 7.11. The van der Waals surface area contributed by atoms with Crippen molar-refractivity contribution >= 4 is 39.9 Å². The summed E-state index contributed by atoms with van der Waals surface area (Å²) < 4.78 is 1.87.